The molecule has 0 aromatic heterocycles. The number of carbonyl (C=O) groups excluding carboxylic acids is 1. The van der Waals surface area contributed by atoms with Gasteiger partial charge in [-0.25, -0.2) is 4.39 Å². The lowest BCUT2D eigenvalue weighted by Crippen LogP contribution is -2.41. The third-order valence-corrected chi connectivity index (χ3v) is 2.98. The molecule has 1 atom stereocenters. The summed E-state index contributed by atoms with van der Waals surface area (Å²) in [4.78, 5) is 11.7. The molecule has 0 aliphatic heterocycles. The zero-order valence-electron chi connectivity index (χ0n) is 11.4. The lowest BCUT2D eigenvalue weighted by molar-refractivity contribution is -0.115. The van der Waals surface area contributed by atoms with E-state index in [-0.39, 0.29) is 29.7 Å². The first kappa shape index (κ1) is 14.6. The van der Waals surface area contributed by atoms with E-state index in [1.165, 1.54) is 12.1 Å². The van der Waals surface area contributed by atoms with Crippen LogP contribution >= 0.6 is 0 Å². The second-order valence-electron chi connectivity index (χ2n) is 5.53. The van der Waals surface area contributed by atoms with Crippen molar-refractivity contribution in [3.05, 3.63) is 30.1 Å². The Balaban J connectivity index is 2.43. The second kappa shape index (κ2) is 5.96. The predicted molar refractivity (Wildman–Crippen MR) is 71.9 cm³/mol. The fraction of sp³-hybridized carbons (Fsp3) is 0.500. The fourth-order valence-corrected chi connectivity index (χ4v) is 1.32. The molecule has 100 valence electrons. The van der Waals surface area contributed by atoms with Gasteiger partial charge >= 0.3 is 0 Å². The summed E-state index contributed by atoms with van der Waals surface area (Å²) >= 11 is 0. The van der Waals surface area contributed by atoms with Crippen LogP contribution < -0.4 is 10.6 Å². The van der Waals surface area contributed by atoms with Gasteiger partial charge in [-0.3, -0.25) is 4.79 Å². The summed E-state index contributed by atoms with van der Waals surface area (Å²) in [5, 5.41) is 5.80. The van der Waals surface area contributed by atoms with E-state index in [1.807, 2.05) is 6.92 Å². The van der Waals surface area contributed by atoms with Crippen molar-refractivity contribution in [2.75, 3.05) is 11.9 Å². The predicted octanol–water partition coefficient (Wildman–Crippen LogP) is 2.79. The molecule has 0 bridgehead atoms. The number of anilines is 1. The molecule has 0 spiro atoms. The number of hydrogen-bond acceptors (Lipinski definition) is 2. The minimum atomic E-state index is -0.358. The third kappa shape index (κ3) is 4.84. The minimum Gasteiger partial charge on any atom is -0.325 e. The first-order valence-electron chi connectivity index (χ1n) is 6.08. The van der Waals surface area contributed by atoms with Crippen molar-refractivity contribution in [3.63, 3.8) is 0 Å². The van der Waals surface area contributed by atoms with Crippen LogP contribution in [0, 0.1) is 11.2 Å². The number of benzene rings is 1. The average Bonchev–Trinajstić information content (AvgIpc) is 2.24. The van der Waals surface area contributed by atoms with Crippen LogP contribution in [0.1, 0.15) is 27.7 Å². The smallest absolute Gasteiger partial charge is 0.238 e. The number of rotatable bonds is 4. The van der Waals surface area contributed by atoms with Crippen LogP contribution in [0.15, 0.2) is 24.3 Å². The normalized spacial score (nSPS) is 13.2. The van der Waals surface area contributed by atoms with Crippen molar-refractivity contribution in [3.8, 4) is 0 Å². The summed E-state index contributed by atoms with van der Waals surface area (Å²) in [5.41, 5.74) is 0.573. The van der Waals surface area contributed by atoms with E-state index < -0.39 is 0 Å². The molecule has 1 aromatic rings. The summed E-state index contributed by atoms with van der Waals surface area (Å²) in [6.45, 7) is 8.57. The molecule has 0 aliphatic rings. The molecule has 0 saturated heterocycles. The Morgan fingerprint density at radius 3 is 2.61 bits per heavy atom. The van der Waals surface area contributed by atoms with E-state index in [9.17, 15) is 9.18 Å². The highest BCUT2D eigenvalue weighted by Gasteiger charge is 2.19. The molecular weight excluding hydrogens is 231 g/mol. The van der Waals surface area contributed by atoms with Crippen LogP contribution in [0.2, 0.25) is 0 Å². The first-order chi connectivity index (χ1) is 8.29. The van der Waals surface area contributed by atoms with Crippen molar-refractivity contribution >= 4 is 11.6 Å². The zero-order valence-corrected chi connectivity index (χ0v) is 11.4. The first-order valence-corrected chi connectivity index (χ1v) is 6.08. The summed E-state index contributed by atoms with van der Waals surface area (Å²) in [7, 11) is 0. The van der Waals surface area contributed by atoms with E-state index in [4.69, 9.17) is 0 Å². The molecule has 1 amide bonds. The summed E-state index contributed by atoms with van der Waals surface area (Å²) < 4.78 is 12.9. The Morgan fingerprint density at radius 1 is 1.39 bits per heavy atom. The molecule has 1 unspecified atom stereocenters. The Kier molecular flexibility index (Phi) is 4.84. The molecule has 3 nitrogen and oxygen atoms in total. The van der Waals surface area contributed by atoms with Crippen LogP contribution in [0.5, 0.6) is 0 Å². The van der Waals surface area contributed by atoms with E-state index in [2.05, 4.69) is 31.4 Å². The van der Waals surface area contributed by atoms with E-state index in [0.717, 1.165) is 0 Å². The summed E-state index contributed by atoms with van der Waals surface area (Å²) in [6.07, 6.45) is 0. The number of halogens is 1. The maximum Gasteiger partial charge on any atom is 0.238 e. The van der Waals surface area contributed by atoms with Crippen molar-refractivity contribution in [2.45, 2.75) is 33.7 Å². The highest BCUT2D eigenvalue weighted by molar-refractivity contribution is 5.92. The number of amides is 1. The van der Waals surface area contributed by atoms with Gasteiger partial charge in [0.2, 0.25) is 5.91 Å². The van der Waals surface area contributed by atoms with Crippen LogP contribution in [-0.4, -0.2) is 18.5 Å². The van der Waals surface area contributed by atoms with Gasteiger partial charge in [0.15, 0.2) is 0 Å². The fourth-order valence-electron chi connectivity index (χ4n) is 1.32. The van der Waals surface area contributed by atoms with E-state index >= 15 is 0 Å². The molecule has 2 N–H and O–H groups in total. The number of hydrogen-bond donors (Lipinski definition) is 2. The lowest BCUT2D eigenvalue weighted by atomic mass is 9.88. The van der Waals surface area contributed by atoms with Gasteiger partial charge in [-0.15, -0.1) is 0 Å². The van der Waals surface area contributed by atoms with Crippen molar-refractivity contribution in [2.24, 2.45) is 5.41 Å². The summed E-state index contributed by atoms with van der Waals surface area (Å²) in [6, 6.07) is 6.08. The standard InChI is InChI=1S/C14H21FN2O/c1-10(14(2,3)4)16-9-13(18)17-12-7-5-6-11(15)8-12/h5-8,10,16H,9H2,1-4H3,(H,17,18). The minimum absolute atomic E-state index is 0.0964. The van der Waals surface area contributed by atoms with Gasteiger partial charge < -0.3 is 10.6 Å². The van der Waals surface area contributed by atoms with Crippen LogP contribution in [0.25, 0.3) is 0 Å². The third-order valence-electron chi connectivity index (χ3n) is 2.98. The highest BCUT2D eigenvalue weighted by Crippen LogP contribution is 2.18. The quantitative estimate of drug-likeness (QED) is 0.865. The molecule has 0 fully saturated rings. The number of carbonyl (C=O) groups is 1. The van der Waals surface area contributed by atoms with E-state index in [1.54, 1.807) is 12.1 Å². The van der Waals surface area contributed by atoms with Crippen molar-refractivity contribution < 1.29 is 9.18 Å². The van der Waals surface area contributed by atoms with Crippen LogP contribution in [0.4, 0.5) is 10.1 Å². The molecule has 0 saturated carbocycles. The maximum absolute atomic E-state index is 12.9. The molecular formula is C14H21FN2O. The monoisotopic (exact) mass is 252 g/mol. The van der Waals surface area contributed by atoms with Gasteiger partial charge in [-0.05, 0) is 30.5 Å². The Hall–Kier alpha value is -1.42. The van der Waals surface area contributed by atoms with Gasteiger partial charge in [0.1, 0.15) is 5.82 Å². The maximum atomic E-state index is 12.9. The van der Waals surface area contributed by atoms with Gasteiger partial charge in [-0.1, -0.05) is 26.8 Å². The van der Waals surface area contributed by atoms with Crippen molar-refractivity contribution in [1.29, 1.82) is 0 Å². The van der Waals surface area contributed by atoms with E-state index in [0.29, 0.717) is 5.69 Å². The molecule has 1 aromatic carbocycles. The van der Waals surface area contributed by atoms with Crippen LogP contribution in [-0.2, 0) is 4.79 Å². The summed E-state index contributed by atoms with van der Waals surface area (Å²) in [5.74, 6) is -0.527. The average molecular weight is 252 g/mol. The van der Waals surface area contributed by atoms with Gasteiger partial charge in [0.05, 0.1) is 6.54 Å². The lowest BCUT2D eigenvalue weighted by Gasteiger charge is -2.27. The number of nitrogens with one attached hydrogen (secondary N) is 2. The molecule has 0 aliphatic carbocycles. The second-order valence-corrected chi connectivity index (χ2v) is 5.53. The zero-order chi connectivity index (χ0) is 13.8. The topological polar surface area (TPSA) is 41.1 Å². The SMILES string of the molecule is CC(NCC(=O)Nc1cccc(F)c1)C(C)(C)C. The molecule has 0 heterocycles. The molecule has 0 radical (unpaired) electrons. The molecule has 4 heteroatoms. The largest absolute Gasteiger partial charge is 0.325 e. The Morgan fingerprint density at radius 2 is 2.06 bits per heavy atom. The van der Waals surface area contributed by atoms with Gasteiger partial charge in [0, 0.05) is 11.7 Å². The van der Waals surface area contributed by atoms with Gasteiger partial charge in [-0.2, -0.15) is 0 Å². The molecule has 1 rings (SSSR count). The van der Waals surface area contributed by atoms with Gasteiger partial charge in [0.25, 0.3) is 0 Å². The Bertz CT molecular complexity index is 413. The Labute approximate surface area is 108 Å². The van der Waals surface area contributed by atoms with Crippen molar-refractivity contribution in [1.82, 2.24) is 5.32 Å². The van der Waals surface area contributed by atoms with Crippen LogP contribution in [0.3, 0.4) is 0 Å². The molecule has 18 heavy (non-hydrogen) atoms. The highest BCUT2D eigenvalue weighted by atomic mass is 19.1.